The molecular formula is C12H15FN2O3. The van der Waals surface area contributed by atoms with Crippen molar-refractivity contribution < 1.29 is 14.1 Å². The Labute approximate surface area is 104 Å². The van der Waals surface area contributed by atoms with Crippen LogP contribution in [0.15, 0.2) is 18.2 Å². The molecule has 0 spiro atoms. The van der Waals surface area contributed by atoms with Gasteiger partial charge in [-0.25, -0.2) is 0 Å². The molecule has 0 aliphatic rings. The van der Waals surface area contributed by atoms with E-state index in [9.17, 15) is 19.3 Å². The molecule has 1 rings (SSSR count). The fourth-order valence-electron chi connectivity index (χ4n) is 1.26. The predicted molar refractivity (Wildman–Crippen MR) is 64.9 cm³/mol. The number of carbonyl (C=O) groups excluding carboxylic acids is 1. The van der Waals surface area contributed by atoms with Gasteiger partial charge in [0.15, 0.2) is 0 Å². The molecule has 0 radical (unpaired) electrons. The number of hydrogen-bond acceptors (Lipinski definition) is 3. The maximum Gasteiger partial charge on any atom is 0.304 e. The number of rotatable bonds is 4. The molecule has 0 atom stereocenters. The number of benzene rings is 1. The number of nitro benzene ring substituents is 1. The zero-order valence-electron chi connectivity index (χ0n) is 10.5. The first-order valence-electron chi connectivity index (χ1n) is 5.53. The van der Waals surface area contributed by atoms with Gasteiger partial charge in [-0.3, -0.25) is 14.9 Å². The fraction of sp³-hybridized carbons (Fsp3) is 0.417. The van der Waals surface area contributed by atoms with Crippen molar-refractivity contribution in [2.45, 2.75) is 32.7 Å². The van der Waals surface area contributed by atoms with E-state index in [1.807, 2.05) is 20.8 Å². The van der Waals surface area contributed by atoms with Gasteiger partial charge >= 0.3 is 5.69 Å². The van der Waals surface area contributed by atoms with Crippen molar-refractivity contribution in [1.82, 2.24) is 5.32 Å². The van der Waals surface area contributed by atoms with Crippen molar-refractivity contribution >= 4 is 11.6 Å². The van der Waals surface area contributed by atoms with Crippen molar-refractivity contribution in [3.05, 3.63) is 39.7 Å². The van der Waals surface area contributed by atoms with Gasteiger partial charge in [-0.05, 0) is 32.4 Å². The average molecular weight is 254 g/mol. The zero-order valence-corrected chi connectivity index (χ0v) is 10.5. The second-order valence-corrected chi connectivity index (χ2v) is 4.61. The molecule has 0 unspecified atom stereocenters. The molecule has 1 N–H and O–H groups in total. The number of hydrogen-bond donors (Lipinski definition) is 1. The molecule has 0 fully saturated rings. The highest BCUT2D eigenvalue weighted by atomic mass is 19.1. The lowest BCUT2D eigenvalue weighted by Gasteiger charge is -2.24. The molecule has 0 saturated carbocycles. The summed E-state index contributed by atoms with van der Waals surface area (Å²) in [6.07, 6.45) is 0.716. The van der Waals surface area contributed by atoms with E-state index in [0.717, 1.165) is 12.1 Å². The van der Waals surface area contributed by atoms with Gasteiger partial charge in [0.1, 0.15) is 0 Å². The van der Waals surface area contributed by atoms with E-state index in [4.69, 9.17) is 0 Å². The number of halogens is 1. The quantitative estimate of drug-likeness (QED) is 0.663. The standard InChI is InChI=1S/C12H15FN2O3/c1-4-12(2,3)14-11(16)8-5-6-10(15(17)18)9(13)7-8/h5-7H,4H2,1-3H3,(H,14,16). The molecule has 1 aromatic rings. The molecule has 6 heteroatoms. The molecule has 0 aromatic heterocycles. The predicted octanol–water partition coefficient (Wildman–Crippen LogP) is 2.65. The summed E-state index contributed by atoms with van der Waals surface area (Å²) in [5, 5.41) is 13.2. The summed E-state index contributed by atoms with van der Waals surface area (Å²) >= 11 is 0. The van der Waals surface area contributed by atoms with Crippen LogP contribution in [0.4, 0.5) is 10.1 Å². The van der Waals surface area contributed by atoms with Crippen LogP contribution in [0, 0.1) is 15.9 Å². The molecule has 1 aromatic carbocycles. The van der Waals surface area contributed by atoms with E-state index in [1.54, 1.807) is 0 Å². The minimum Gasteiger partial charge on any atom is -0.347 e. The second-order valence-electron chi connectivity index (χ2n) is 4.61. The number of nitrogens with zero attached hydrogens (tertiary/aromatic N) is 1. The van der Waals surface area contributed by atoms with Crippen LogP contribution in [-0.4, -0.2) is 16.4 Å². The molecule has 0 heterocycles. The smallest absolute Gasteiger partial charge is 0.304 e. The van der Waals surface area contributed by atoms with Gasteiger partial charge in [-0.2, -0.15) is 4.39 Å². The van der Waals surface area contributed by atoms with Crippen LogP contribution in [0.2, 0.25) is 0 Å². The molecule has 98 valence electrons. The first-order chi connectivity index (χ1) is 8.26. The summed E-state index contributed by atoms with van der Waals surface area (Å²) < 4.78 is 13.4. The van der Waals surface area contributed by atoms with Crippen LogP contribution >= 0.6 is 0 Å². The average Bonchev–Trinajstić information content (AvgIpc) is 2.27. The SMILES string of the molecule is CCC(C)(C)NC(=O)c1ccc([N+](=O)[O-])c(F)c1. The lowest BCUT2D eigenvalue weighted by atomic mass is 10.0. The molecule has 5 nitrogen and oxygen atoms in total. The molecule has 0 saturated heterocycles. The Morgan fingerprint density at radius 3 is 2.56 bits per heavy atom. The maximum atomic E-state index is 13.4. The normalized spacial score (nSPS) is 11.1. The van der Waals surface area contributed by atoms with Gasteiger partial charge in [0.25, 0.3) is 5.91 Å². The van der Waals surface area contributed by atoms with Gasteiger partial charge in [-0.15, -0.1) is 0 Å². The Kier molecular flexibility index (Phi) is 4.00. The fourth-order valence-corrected chi connectivity index (χ4v) is 1.26. The van der Waals surface area contributed by atoms with Gasteiger partial charge < -0.3 is 5.32 Å². The zero-order chi connectivity index (χ0) is 13.9. The number of carbonyl (C=O) groups is 1. The first kappa shape index (κ1) is 14.1. The third kappa shape index (κ3) is 3.26. The Hall–Kier alpha value is -1.98. The lowest BCUT2D eigenvalue weighted by Crippen LogP contribution is -2.42. The monoisotopic (exact) mass is 254 g/mol. The van der Waals surface area contributed by atoms with Gasteiger partial charge in [0, 0.05) is 17.2 Å². The molecular weight excluding hydrogens is 239 g/mol. The largest absolute Gasteiger partial charge is 0.347 e. The summed E-state index contributed by atoms with van der Waals surface area (Å²) in [4.78, 5) is 21.4. The van der Waals surface area contributed by atoms with Crippen LogP contribution in [0.1, 0.15) is 37.6 Å². The van der Waals surface area contributed by atoms with E-state index in [1.165, 1.54) is 6.07 Å². The topological polar surface area (TPSA) is 72.2 Å². The Morgan fingerprint density at radius 2 is 2.11 bits per heavy atom. The van der Waals surface area contributed by atoms with Crippen molar-refractivity contribution in [2.75, 3.05) is 0 Å². The van der Waals surface area contributed by atoms with Crippen LogP contribution in [-0.2, 0) is 0 Å². The Morgan fingerprint density at radius 1 is 1.50 bits per heavy atom. The van der Waals surface area contributed by atoms with Crippen molar-refractivity contribution in [1.29, 1.82) is 0 Å². The summed E-state index contributed by atoms with van der Waals surface area (Å²) in [7, 11) is 0. The number of nitro groups is 1. The van der Waals surface area contributed by atoms with Crippen LogP contribution in [0.3, 0.4) is 0 Å². The second kappa shape index (κ2) is 5.12. The van der Waals surface area contributed by atoms with E-state index in [-0.39, 0.29) is 5.56 Å². The van der Waals surface area contributed by atoms with Gasteiger partial charge in [0.05, 0.1) is 4.92 Å². The van der Waals surface area contributed by atoms with Crippen molar-refractivity contribution in [3.63, 3.8) is 0 Å². The summed E-state index contributed by atoms with van der Waals surface area (Å²) in [6, 6.07) is 3.10. The maximum absolute atomic E-state index is 13.4. The van der Waals surface area contributed by atoms with Crippen LogP contribution in [0.25, 0.3) is 0 Å². The van der Waals surface area contributed by atoms with Gasteiger partial charge in [0.2, 0.25) is 5.82 Å². The molecule has 1 amide bonds. The highest BCUT2D eigenvalue weighted by Gasteiger charge is 2.21. The molecule has 0 aliphatic heterocycles. The van der Waals surface area contributed by atoms with Crippen LogP contribution < -0.4 is 5.32 Å². The summed E-state index contributed by atoms with van der Waals surface area (Å²) in [5.74, 6) is -1.46. The highest BCUT2D eigenvalue weighted by Crippen LogP contribution is 2.18. The van der Waals surface area contributed by atoms with E-state index < -0.39 is 27.9 Å². The third-order valence-electron chi connectivity index (χ3n) is 2.74. The van der Waals surface area contributed by atoms with Gasteiger partial charge in [-0.1, -0.05) is 6.92 Å². The summed E-state index contributed by atoms with van der Waals surface area (Å²) in [6.45, 7) is 5.59. The van der Waals surface area contributed by atoms with E-state index >= 15 is 0 Å². The first-order valence-corrected chi connectivity index (χ1v) is 5.53. The Balaban J connectivity index is 2.95. The summed E-state index contributed by atoms with van der Waals surface area (Å²) in [5.41, 5.74) is -0.976. The minimum atomic E-state index is -1.01. The van der Waals surface area contributed by atoms with Crippen molar-refractivity contribution in [2.24, 2.45) is 0 Å². The minimum absolute atomic E-state index is 0.0691. The molecule has 0 aliphatic carbocycles. The Bertz CT molecular complexity index is 486. The van der Waals surface area contributed by atoms with E-state index in [0.29, 0.717) is 6.42 Å². The highest BCUT2D eigenvalue weighted by molar-refractivity contribution is 5.94. The van der Waals surface area contributed by atoms with E-state index in [2.05, 4.69) is 5.32 Å². The lowest BCUT2D eigenvalue weighted by molar-refractivity contribution is -0.387. The van der Waals surface area contributed by atoms with Crippen LogP contribution in [0.5, 0.6) is 0 Å². The number of amides is 1. The third-order valence-corrected chi connectivity index (χ3v) is 2.74. The van der Waals surface area contributed by atoms with Crippen molar-refractivity contribution in [3.8, 4) is 0 Å². The molecule has 18 heavy (non-hydrogen) atoms. The molecule has 0 bridgehead atoms. The number of nitrogens with one attached hydrogen (secondary N) is 1.